The summed E-state index contributed by atoms with van der Waals surface area (Å²) in [7, 11) is 0. The van der Waals surface area contributed by atoms with E-state index in [1.165, 1.54) is 36.4 Å². The van der Waals surface area contributed by atoms with Gasteiger partial charge in [0.05, 0.1) is 12.4 Å². The van der Waals surface area contributed by atoms with Crippen molar-refractivity contribution in [3.05, 3.63) is 48.0 Å². The van der Waals surface area contributed by atoms with E-state index >= 15 is 0 Å². The number of nitrogens with one attached hydrogen (secondary N) is 4. The number of hydrogen-bond donors (Lipinski definition) is 8. The Hall–Kier alpha value is -4.11. The number of carbonyl (C=O) groups is 5. The molecule has 0 spiro atoms. The van der Waals surface area contributed by atoms with E-state index in [2.05, 4.69) is 25.9 Å². The number of imidazole rings is 1. The number of thioether (sulfide) groups is 1. The summed E-state index contributed by atoms with van der Waals surface area (Å²) in [5.41, 5.74) is 12.4. The number of primary amides is 1. The van der Waals surface area contributed by atoms with Crippen molar-refractivity contribution >= 4 is 41.4 Å². The van der Waals surface area contributed by atoms with Gasteiger partial charge in [-0.2, -0.15) is 11.8 Å². The number of nitrogens with two attached hydrogens (primary N) is 2. The maximum absolute atomic E-state index is 13.3. The molecule has 0 aliphatic heterocycles. The highest BCUT2D eigenvalue weighted by atomic mass is 32.2. The minimum atomic E-state index is -1.27. The van der Waals surface area contributed by atoms with E-state index in [-0.39, 0.29) is 37.9 Å². The number of phenolic OH excluding ortho intramolecular Hbond substituents is 1. The van der Waals surface area contributed by atoms with Gasteiger partial charge in [0.1, 0.15) is 23.9 Å². The molecule has 4 unspecified atom stereocenters. The number of amides is 4. The summed E-state index contributed by atoms with van der Waals surface area (Å²) in [4.78, 5) is 69.1. The quantitative estimate of drug-likeness (QED) is 0.111. The molecule has 0 saturated carbocycles. The molecule has 1 aromatic carbocycles. The van der Waals surface area contributed by atoms with Gasteiger partial charge in [-0.25, -0.2) is 9.78 Å². The molecule has 2 aromatic rings. The van der Waals surface area contributed by atoms with E-state index in [9.17, 15) is 34.2 Å². The molecule has 1 aromatic heterocycles. The Morgan fingerprint density at radius 3 is 2.15 bits per heavy atom. The lowest BCUT2D eigenvalue weighted by Gasteiger charge is -2.25. The van der Waals surface area contributed by atoms with Crippen LogP contribution < -0.4 is 27.4 Å². The van der Waals surface area contributed by atoms with E-state index in [4.69, 9.17) is 11.5 Å². The first-order valence-corrected chi connectivity index (χ1v) is 13.8. The molecule has 14 nitrogen and oxygen atoms in total. The maximum Gasteiger partial charge on any atom is 0.326 e. The molecule has 15 heteroatoms. The first-order valence-electron chi connectivity index (χ1n) is 12.4. The number of benzene rings is 1. The molecule has 0 aliphatic rings. The standard InChI is InChI=1S/C25H35N7O7S/c1-40-9-8-19(25(38)39)31-24(37)20(10-14-2-4-16(33)5-3-14)32-23(36)18(6-7-21(27)34)30-22(35)17(26)11-15-12-28-13-29-15/h2-5,12-13,17-20,33H,6-11,26H2,1H3,(H2,27,34)(H,28,29)(H,30,35)(H,31,37)(H,32,36)(H,38,39). The van der Waals surface area contributed by atoms with Crippen LogP contribution in [-0.2, 0) is 36.8 Å². The van der Waals surface area contributed by atoms with E-state index in [0.717, 1.165) is 0 Å². The maximum atomic E-state index is 13.3. The monoisotopic (exact) mass is 577 g/mol. The Kier molecular flexibility index (Phi) is 12.9. The van der Waals surface area contributed by atoms with Crippen molar-refractivity contribution in [2.45, 2.75) is 56.3 Å². The lowest BCUT2D eigenvalue weighted by atomic mass is 10.0. The minimum Gasteiger partial charge on any atom is -0.508 e. The molecule has 0 radical (unpaired) electrons. The summed E-state index contributed by atoms with van der Waals surface area (Å²) in [5.74, 6) is -3.68. The normalized spacial score (nSPS) is 13.8. The Morgan fingerprint density at radius 2 is 1.57 bits per heavy atom. The van der Waals surface area contributed by atoms with Crippen molar-refractivity contribution in [1.82, 2.24) is 25.9 Å². The fourth-order valence-electron chi connectivity index (χ4n) is 3.67. The molecule has 2 rings (SSSR count). The summed E-state index contributed by atoms with van der Waals surface area (Å²) >= 11 is 1.42. The van der Waals surface area contributed by atoms with Crippen LogP contribution in [0.25, 0.3) is 0 Å². The summed E-state index contributed by atoms with van der Waals surface area (Å²) in [6, 6.07) is 1.15. The van der Waals surface area contributed by atoms with Crippen LogP contribution in [0.4, 0.5) is 0 Å². The average molecular weight is 578 g/mol. The van der Waals surface area contributed by atoms with Gasteiger partial charge in [-0.1, -0.05) is 12.1 Å². The van der Waals surface area contributed by atoms with Crippen LogP contribution in [0.1, 0.15) is 30.5 Å². The number of aromatic amines is 1. The van der Waals surface area contributed by atoms with E-state index < -0.39 is 53.8 Å². The molecular weight excluding hydrogens is 542 g/mol. The fraction of sp³-hybridized carbons (Fsp3) is 0.440. The molecule has 0 aliphatic carbocycles. The number of rotatable bonds is 17. The highest BCUT2D eigenvalue weighted by molar-refractivity contribution is 7.98. The van der Waals surface area contributed by atoms with Gasteiger partial charge in [-0.05, 0) is 42.5 Å². The van der Waals surface area contributed by atoms with Gasteiger partial charge < -0.3 is 42.6 Å². The zero-order valence-corrected chi connectivity index (χ0v) is 22.8. The Labute approximate surface area is 235 Å². The molecule has 0 fully saturated rings. The van der Waals surface area contributed by atoms with Crippen LogP contribution >= 0.6 is 11.8 Å². The number of H-pyrrole nitrogens is 1. The molecule has 1 heterocycles. The van der Waals surface area contributed by atoms with Crippen molar-refractivity contribution in [3.8, 4) is 5.75 Å². The van der Waals surface area contributed by atoms with Gasteiger partial charge >= 0.3 is 5.97 Å². The Morgan fingerprint density at radius 1 is 0.950 bits per heavy atom. The highest BCUT2D eigenvalue weighted by Crippen LogP contribution is 2.13. The number of carboxylic acids is 1. The van der Waals surface area contributed by atoms with Crippen molar-refractivity contribution in [2.75, 3.05) is 12.0 Å². The van der Waals surface area contributed by atoms with Crippen LogP contribution in [0.2, 0.25) is 0 Å². The fourth-order valence-corrected chi connectivity index (χ4v) is 4.15. The third kappa shape index (κ3) is 10.9. The van der Waals surface area contributed by atoms with Gasteiger partial charge in [0.15, 0.2) is 0 Å². The van der Waals surface area contributed by atoms with Gasteiger partial charge in [-0.15, -0.1) is 0 Å². The molecule has 0 bridgehead atoms. The molecular formula is C25H35N7O7S. The largest absolute Gasteiger partial charge is 0.508 e. The summed E-state index contributed by atoms with van der Waals surface area (Å²) in [5, 5.41) is 26.6. The summed E-state index contributed by atoms with van der Waals surface area (Å²) < 4.78 is 0. The predicted octanol–water partition coefficient (Wildman–Crippen LogP) is -1.21. The number of nitrogens with zero attached hydrogens (tertiary/aromatic N) is 1. The van der Waals surface area contributed by atoms with E-state index in [0.29, 0.717) is 17.0 Å². The van der Waals surface area contributed by atoms with Crippen LogP contribution in [0, 0.1) is 0 Å². The zero-order valence-electron chi connectivity index (χ0n) is 22.0. The van der Waals surface area contributed by atoms with Gasteiger partial charge in [-0.3, -0.25) is 19.2 Å². The molecule has 4 amide bonds. The first kappa shape index (κ1) is 32.1. The smallest absolute Gasteiger partial charge is 0.326 e. The average Bonchev–Trinajstić information content (AvgIpc) is 3.42. The number of aromatic hydroxyl groups is 1. The molecule has 40 heavy (non-hydrogen) atoms. The Balaban J connectivity index is 2.22. The van der Waals surface area contributed by atoms with E-state index in [1.807, 2.05) is 0 Å². The lowest BCUT2D eigenvalue weighted by molar-refractivity contribution is -0.142. The molecule has 4 atom stereocenters. The van der Waals surface area contributed by atoms with Crippen molar-refractivity contribution < 1.29 is 34.2 Å². The second-order valence-electron chi connectivity index (χ2n) is 9.07. The van der Waals surface area contributed by atoms with Crippen LogP contribution in [-0.4, -0.2) is 86.0 Å². The van der Waals surface area contributed by atoms with E-state index in [1.54, 1.807) is 18.4 Å². The molecule has 0 saturated heterocycles. The van der Waals surface area contributed by atoms with Gasteiger partial charge in [0.2, 0.25) is 23.6 Å². The number of aromatic nitrogens is 2. The van der Waals surface area contributed by atoms with Crippen LogP contribution in [0.5, 0.6) is 5.75 Å². The third-order valence-corrected chi connectivity index (χ3v) is 6.52. The van der Waals surface area contributed by atoms with Crippen LogP contribution in [0.3, 0.4) is 0 Å². The van der Waals surface area contributed by atoms with Crippen molar-refractivity contribution in [3.63, 3.8) is 0 Å². The summed E-state index contributed by atoms with van der Waals surface area (Å²) in [6.07, 6.45) is 4.54. The van der Waals surface area contributed by atoms with Crippen LogP contribution in [0.15, 0.2) is 36.8 Å². The second kappa shape index (κ2) is 16.1. The molecule has 10 N–H and O–H groups in total. The second-order valence-corrected chi connectivity index (χ2v) is 10.1. The minimum absolute atomic E-state index is 0.00232. The topological polar surface area (TPSA) is 243 Å². The number of carboxylic acid groups (broad SMARTS) is 1. The lowest BCUT2D eigenvalue weighted by Crippen LogP contribution is -2.58. The predicted molar refractivity (Wildman–Crippen MR) is 147 cm³/mol. The number of hydrogen-bond acceptors (Lipinski definition) is 9. The number of aliphatic carboxylic acids is 1. The van der Waals surface area contributed by atoms with Crippen molar-refractivity contribution in [2.24, 2.45) is 11.5 Å². The third-order valence-electron chi connectivity index (χ3n) is 5.88. The zero-order chi connectivity index (χ0) is 29.7. The SMILES string of the molecule is CSCCC(NC(=O)C(Cc1ccc(O)cc1)NC(=O)C(CCC(N)=O)NC(=O)C(N)Cc1cnc[nH]1)C(=O)O. The summed E-state index contributed by atoms with van der Waals surface area (Å²) in [6.45, 7) is 0. The molecule has 218 valence electrons. The number of phenols is 1. The van der Waals surface area contributed by atoms with Crippen molar-refractivity contribution in [1.29, 1.82) is 0 Å². The van der Waals surface area contributed by atoms with Gasteiger partial charge in [0.25, 0.3) is 0 Å². The number of carbonyl (C=O) groups excluding carboxylic acids is 4. The Bertz CT molecular complexity index is 1140. The van der Waals surface area contributed by atoms with Gasteiger partial charge in [0, 0.05) is 31.2 Å². The first-order chi connectivity index (χ1) is 19.0. The highest BCUT2D eigenvalue weighted by Gasteiger charge is 2.30.